The van der Waals surface area contributed by atoms with Gasteiger partial charge in [0.1, 0.15) is 4.90 Å². The van der Waals surface area contributed by atoms with Crippen molar-refractivity contribution in [2.45, 2.75) is 17.9 Å². The highest BCUT2D eigenvalue weighted by molar-refractivity contribution is 7.85. The van der Waals surface area contributed by atoms with E-state index in [2.05, 4.69) is 0 Å². The number of nitrogens with zero attached hydrogens (tertiary/aromatic N) is 1. The minimum atomic E-state index is -1.41. The molecule has 1 aromatic carbocycles. The van der Waals surface area contributed by atoms with Crippen LogP contribution >= 0.6 is 0 Å². The highest BCUT2D eigenvalue weighted by Crippen LogP contribution is 2.21. The molecule has 0 saturated carbocycles. The van der Waals surface area contributed by atoms with E-state index in [0.717, 1.165) is 0 Å². The number of hydrogen-bond donors (Lipinski definition) is 1. The van der Waals surface area contributed by atoms with E-state index in [9.17, 15) is 14.3 Å². The molecule has 2 atom stereocenters. The van der Waals surface area contributed by atoms with Gasteiger partial charge in [0.2, 0.25) is 0 Å². The van der Waals surface area contributed by atoms with Crippen LogP contribution in [-0.2, 0) is 10.8 Å². The van der Waals surface area contributed by atoms with Crippen molar-refractivity contribution >= 4 is 16.5 Å². The van der Waals surface area contributed by atoms with Crippen LogP contribution in [0.15, 0.2) is 29.2 Å². The molecule has 0 amide bonds. The molecule has 0 aliphatic rings. The maximum Gasteiger partial charge on any atom is 0.285 e. The number of hydrogen-bond acceptors (Lipinski definition) is 4. The van der Waals surface area contributed by atoms with Gasteiger partial charge in [-0.1, -0.05) is 12.1 Å². The minimum absolute atomic E-state index is 0.114. The van der Waals surface area contributed by atoms with Gasteiger partial charge in [-0.2, -0.15) is 0 Å². The third kappa shape index (κ3) is 3.10. The van der Waals surface area contributed by atoms with E-state index in [1.165, 1.54) is 12.1 Å². The van der Waals surface area contributed by atoms with E-state index in [1.807, 2.05) is 0 Å². The molecule has 15 heavy (non-hydrogen) atoms. The van der Waals surface area contributed by atoms with Gasteiger partial charge in [0.05, 0.1) is 15.7 Å². The van der Waals surface area contributed by atoms with Crippen LogP contribution in [0.3, 0.4) is 0 Å². The summed E-state index contributed by atoms with van der Waals surface area (Å²) in [4.78, 5) is 10.4. The lowest BCUT2D eigenvalue weighted by Crippen LogP contribution is -2.23. The molecule has 1 aromatic rings. The molecule has 0 aromatic heterocycles. The number of rotatable bonds is 4. The van der Waals surface area contributed by atoms with Crippen molar-refractivity contribution in [3.63, 3.8) is 0 Å². The van der Waals surface area contributed by atoms with Crippen LogP contribution in [0.4, 0.5) is 5.69 Å². The van der Waals surface area contributed by atoms with Gasteiger partial charge in [-0.3, -0.25) is 14.3 Å². The first kappa shape index (κ1) is 11.8. The van der Waals surface area contributed by atoms with Crippen LogP contribution in [0.25, 0.3) is 0 Å². The second kappa shape index (κ2) is 4.99. The fourth-order valence-corrected chi connectivity index (χ4v) is 2.39. The zero-order valence-electron chi connectivity index (χ0n) is 8.25. The van der Waals surface area contributed by atoms with Crippen LogP contribution in [0.2, 0.25) is 0 Å². The van der Waals surface area contributed by atoms with E-state index in [1.54, 1.807) is 19.1 Å². The summed E-state index contributed by atoms with van der Waals surface area (Å²) < 4.78 is 11.7. The second-order valence-electron chi connectivity index (χ2n) is 3.21. The Labute approximate surface area is 89.9 Å². The molecule has 0 saturated heterocycles. The van der Waals surface area contributed by atoms with Crippen molar-refractivity contribution in [2.75, 3.05) is 5.75 Å². The second-order valence-corrected chi connectivity index (χ2v) is 4.68. The van der Waals surface area contributed by atoms with Crippen LogP contribution < -0.4 is 5.73 Å². The summed E-state index contributed by atoms with van der Waals surface area (Å²) in [6, 6.07) is 5.77. The predicted molar refractivity (Wildman–Crippen MR) is 58.0 cm³/mol. The number of nitro groups is 1. The lowest BCUT2D eigenvalue weighted by Gasteiger charge is -2.05. The molecule has 6 heteroatoms. The van der Waals surface area contributed by atoms with Crippen LogP contribution in [-0.4, -0.2) is 20.9 Å². The Hall–Kier alpha value is -1.27. The summed E-state index contributed by atoms with van der Waals surface area (Å²) >= 11 is 0. The number of nitrogens with two attached hydrogens (primary N) is 1. The topological polar surface area (TPSA) is 86.2 Å². The fourth-order valence-electron chi connectivity index (χ4n) is 1.13. The van der Waals surface area contributed by atoms with Crippen molar-refractivity contribution in [2.24, 2.45) is 5.73 Å². The summed E-state index contributed by atoms with van der Waals surface area (Å²) in [6.45, 7) is 1.71. The van der Waals surface area contributed by atoms with Gasteiger partial charge < -0.3 is 5.73 Å². The maximum atomic E-state index is 11.7. The van der Waals surface area contributed by atoms with Gasteiger partial charge in [-0.25, -0.2) is 0 Å². The van der Waals surface area contributed by atoms with E-state index in [-0.39, 0.29) is 22.4 Å². The fraction of sp³-hybridized carbons (Fsp3) is 0.333. The van der Waals surface area contributed by atoms with Gasteiger partial charge in [-0.05, 0) is 13.0 Å². The largest absolute Gasteiger partial charge is 0.327 e. The molecule has 0 aliphatic heterocycles. The third-order valence-corrected chi connectivity index (χ3v) is 3.39. The molecule has 0 aliphatic carbocycles. The van der Waals surface area contributed by atoms with Crippen LogP contribution in [0.5, 0.6) is 0 Å². The van der Waals surface area contributed by atoms with Crippen molar-refractivity contribution in [3.8, 4) is 0 Å². The Morgan fingerprint density at radius 2 is 2.13 bits per heavy atom. The normalized spacial score (nSPS) is 14.5. The average Bonchev–Trinajstić information content (AvgIpc) is 2.16. The Morgan fingerprint density at radius 3 is 2.67 bits per heavy atom. The van der Waals surface area contributed by atoms with Gasteiger partial charge >= 0.3 is 0 Å². The number of benzene rings is 1. The highest BCUT2D eigenvalue weighted by atomic mass is 32.2. The standard InChI is InChI=1S/C9H12N2O3S/c1-7(10)6-15(14)9-5-3-2-4-8(9)11(12)13/h2-5,7H,6,10H2,1H3. The van der Waals surface area contributed by atoms with E-state index >= 15 is 0 Å². The van der Waals surface area contributed by atoms with Gasteiger partial charge in [0, 0.05) is 17.9 Å². The number of para-hydroxylation sites is 1. The Morgan fingerprint density at radius 1 is 1.53 bits per heavy atom. The first-order valence-electron chi connectivity index (χ1n) is 4.39. The summed E-state index contributed by atoms with van der Waals surface area (Å²) in [5.41, 5.74) is 5.38. The molecule has 0 bridgehead atoms. The molecule has 0 fully saturated rings. The minimum Gasteiger partial charge on any atom is -0.327 e. The van der Waals surface area contributed by atoms with Crippen molar-refractivity contribution in [1.82, 2.24) is 0 Å². The first-order chi connectivity index (χ1) is 7.02. The van der Waals surface area contributed by atoms with Gasteiger partial charge in [0.15, 0.2) is 0 Å². The molecule has 0 heterocycles. The number of nitro benzene ring substituents is 1. The third-order valence-electron chi connectivity index (χ3n) is 1.72. The summed E-state index contributed by atoms with van der Waals surface area (Å²) in [6.07, 6.45) is 0. The predicted octanol–water partition coefficient (Wildman–Crippen LogP) is 1.05. The molecule has 5 nitrogen and oxygen atoms in total. The molecule has 82 valence electrons. The maximum absolute atomic E-state index is 11.7. The van der Waals surface area contributed by atoms with Crippen LogP contribution in [0.1, 0.15) is 6.92 Å². The zero-order chi connectivity index (χ0) is 11.4. The van der Waals surface area contributed by atoms with E-state index < -0.39 is 15.7 Å². The Balaban J connectivity index is 3.03. The quantitative estimate of drug-likeness (QED) is 0.616. The van der Waals surface area contributed by atoms with E-state index in [0.29, 0.717) is 0 Å². The smallest absolute Gasteiger partial charge is 0.285 e. The summed E-state index contributed by atoms with van der Waals surface area (Å²) in [7, 11) is -1.41. The summed E-state index contributed by atoms with van der Waals surface area (Å²) in [5.74, 6) is 0.227. The summed E-state index contributed by atoms with van der Waals surface area (Å²) in [5, 5.41) is 10.7. The highest BCUT2D eigenvalue weighted by Gasteiger charge is 2.18. The Kier molecular flexibility index (Phi) is 3.93. The zero-order valence-corrected chi connectivity index (χ0v) is 9.07. The molecule has 2 unspecified atom stereocenters. The molecular weight excluding hydrogens is 216 g/mol. The van der Waals surface area contributed by atoms with Crippen LogP contribution in [0, 0.1) is 10.1 Å². The molecule has 1 rings (SSSR count). The average molecular weight is 228 g/mol. The van der Waals surface area contributed by atoms with Crippen molar-refractivity contribution < 1.29 is 9.13 Å². The molecule has 0 radical (unpaired) electrons. The van der Waals surface area contributed by atoms with E-state index in [4.69, 9.17) is 5.73 Å². The molecule has 0 spiro atoms. The molecule has 2 N–H and O–H groups in total. The van der Waals surface area contributed by atoms with Gasteiger partial charge in [-0.15, -0.1) is 0 Å². The Bertz CT molecular complexity index is 393. The van der Waals surface area contributed by atoms with Crippen molar-refractivity contribution in [1.29, 1.82) is 0 Å². The van der Waals surface area contributed by atoms with Crippen molar-refractivity contribution in [3.05, 3.63) is 34.4 Å². The SMILES string of the molecule is CC(N)CS(=O)c1ccccc1[N+](=O)[O-]. The van der Waals surface area contributed by atoms with Gasteiger partial charge in [0.25, 0.3) is 5.69 Å². The monoisotopic (exact) mass is 228 g/mol. The molecular formula is C9H12N2O3S. The lowest BCUT2D eigenvalue weighted by atomic mass is 10.3. The lowest BCUT2D eigenvalue weighted by molar-refractivity contribution is -0.387. The first-order valence-corrected chi connectivity index (χ1v) is 5.71.